The Hall–Kier alpha value is -6.43. The normalized spacial score (nSPS) is 20.7. The second kappa shape index (κ2) is 11.6. The zero-order valence-corrected chi connectivity index (χ0v) is 28.4. The number of fused-ring (bicyclic) bond motifs is 8. The Bertz CT molecular complexity index is 2790. The molecule has 5 nitrogen and oxygen atoms in total. The van der Waals surface area contributed by atoms with E-state index in [0.29, 0.717) is 0 Å². The highest BCUT2D eigenvalue weighted by atomic mass is 15.4. The fraction of sp³-hybridized carbons (Fsp3) is 0.0851. The number of allylic oxidation sites excluding steroid dienone is 2. The highest BCUT2D eigenvalue weighted by Gasteiger charge is 2.39. The molecule has 7 aromatic carbocycles. The predicted octanol–water partition coefficient (Wildman–Crippen LogP) is 10.6. The van der Waals surface area contributed by atoms with Gasteiger partial charge in [0.2, 0.25) is 0 Å². The molecule has 4 unspecified atom stereocenters. The van der Waals surface area contributed by atoms with Gasteiger partial charge in [0.1, 0.15) is 12.0 Å². The highest BCUT2D eigenvalue weighted by molar-refractivity contribution is 6.23. The number of rotatable bonds is 4. The van der Waals surface area contributed by atoms with Crippen LogP contribution < -0.4 is 15.5 Å². The third-order valence-corrected chi connectivity index (χ3v) is 11.2. The van der Waals surface area contributed by atoms with Crippen LogP contribution in [0, 0.1) is 0 Å². The summed E-state index contributed by atoms with van der Waals surface area (Å²) in [6.45, 7) is 0. The van der Waals surface area contributed by atoms with Crippen LogP contribution in [0.15, 0.2) is 181 Å². The molecule has 0 saturated heterocycles. The summed E-state index contributed by atoms with van der Waals surface area (Å²) < 4.78 is 2.43. The fourth-order valence-electron chi connectivity index (χ4n) is 8.92. The largest absolute Gasteiger partial charge is 0.350 e. The molecule has 2 N–H and O–H groups in total. The summed E-state index contributed by atoms with van der Waals surface area (Å²) in [5, 5.41) is 15.0. The first-order chi connectivity index (χ1) is 25.8. The van der Waals surface area contributed by atoms with Crippen molar-refractivity contribution in [2.75, 3.05) is 4.90 Å². The molecule has 248 valence electrons. The minimum atomic E-state index is -0.395. The zero-order valence-electron chi connectivity index (χ0n) is 28.4. The lowest BCUT2D eigenvalue weighted by atomic mass is 9.91. The van der Waals surface area contributed by atoms with Gasteiger partial charge in [-0.05, 0) is 45.5 Å². The summed E-state index contributed by atoms with van der Waals surface area (Å²) in [4.78, 5) is 8.16. The summed E-state index contributed by atoms with van der Waals surface area (Å²) in [5.74, 6) is 1.16. The van der Waals surface area contributed by atoms with E-state index in [2.05, 4.69) is 196 Å². The first-order valence-electron chi connectivity index (χ1n) is 18.1. The Balaban J connectivity index is 1.21. The van der Waals surface area contributed by atoms with Crippen LogP contribution in [-0.4, -0.2) is 16.4 Å². The van der Waals surface area contributed by atoms with E-state index in [1.54, 1.807) is 0 Å². The maximum atomic E-state index is 5.55. The molecule has 4 atom stereocenters. The standard InChI is InChI=1S/C47H35N5/c1-2-16-31(17-3-1)45-48-46(37-25-14-19-30-15-4-6-20-33(30)37)50-47(49-45)52-41-28-13-10-24-38(41)43-42(52)29-32-18-5-7-21-34(32)44(43)51-39-26-11-8-22-35(39)36-23-9-12-27-40(36)51/h1-29,35,39,45,47,49H,(H,48,50). The van der Waals surface area contributed by atoms with E-state index in [-0.39, 0.29) is 18.1 Å². The van der Waals surface area contributed by atoms with Crippen molar-refractivity contribution in [1.82, 2.24) is 15.2 Å². The fourth-order valence-corrected chi connectivity index (χ4v) is 8.92. The Morgan fingerprint density at radius 1 is 0.577 bits per heavy atom. The summed E-state index contributed by atoms with van der Waals surface area (Å²) in [7, 11) is 0. The van der Waals surface area contributed by atoms with Gasteiger partial charge in [-0.25, -0.2) is 4.99 Å². The third kappa shape index (κ3) is 4.36. The van der Waals surface area contributed by atoms with Gasteiger partial charge in [-0.2, -0.15) is 0 Å². The van der Waals surface area contributed by atoms with Crippen LogP contribution in [0.3, 0.4) is 0 Å². The van der Waals surface area contributed by atoms with E-state index >= 15 is 0 Å². The van der Waals surface area contributed by atoms with E-state index < -0.39 is 6.29 Å². The van der Waals surface area contributed by atoms with Crippen molar-refractivity contribution in [3.05, 3.63) is 193 Å². The second-order valence-electron chi connectivity index (χ2n) is 14.0. The van der Waals surface area contributed by atoms with E-state index in [1.165, 1.54) is 49.3 Å². The van der Waals surface area contributed by atoms with Gasteiger partial charge in [-0.1, -0.05) is 158 Å². The molecule has 1 aliphatic carbocycles. The second-order valence-corrected chi connectivity index (χ2v) is 14.0. The molecule has 0 amide bonds. The molecule has 0 fully saturated rings. The minimum Gasteiger partial charge on any atom is -0.350 e. The number of amidine groups is 1. The van der Waals surface area contributed by atoms with Crippen LogP contribution in [0.4, 0.5) is 11.4 Å². The van der Waals surface area contributed by atoms with Crippen LogP contribution in [0.1, 0.15) is 35.1 Å². The Morgan fingerprint density at radius 2 is 1.29 bits per heavy atom. The molecule has 3 aliphatic rings. The van der Waals surface area contributed by atoms with Gasteiger partial charge in [0.15, 0.2) is 6.29 Å². The molecular weight excluding hydrogens is 635 g/mol. The first-order valence-corrected chi connectivity index (χ1v) is 18.1. The van der Waals surface area contributed by atoms with Gasteiger partial charge < -0.3 is 14.8 Å². The molecular formula is C47H35N5. The van der Waals surface area contributed by atoms with Crippen LogP contribution in [0.25, 0.3) is 43.4 Å². The summed E-state index contributed by atoms with van der Waals surface area (Å²) in [6, 6.07) is 54.9. The zero-order chi connectivity index (χ0) is 34.2. The van der Waals surface area contributed by atoms with Crippen molar-refractivity contribution >= 4 is 60.6 Å². The van der Waals surface area contributed by atoms with Gasteiger partial charge in [0.05, 0.1) is 22.8 Å². The van der Waals surface area contributed by atoms with Crippen LogP contribution in [0.2, 0.25) is 0 Å². The van der Waals surface area contributed by atoms with Crippen LogP contribution in [0.5, 0.6) is 0 Å². The number of aromatic nitrogens is 1. The number of nitrogens with one attached hydrogen (secondary N) is 2. The molecule has 2 aliphatic heterocycles. The van der Waals surface area contributed by atoms with Crippen LogP contribution in [-0.2, 0) is 0 Å². The van der Waals surface area contributed by atoms with Crippen molar-refractivity contribution in [1.29, 1.82) is 0 Å². The maximum Gasteiger partial charge on any atom is 0.184 e. The van der Waals surface area contributed by atoms with Gasteiger partial charge in [-0.15, -0.1) is 0 Å². The number of anilines is 2. The summed E-state index contributed by atoms with van der Waals surface area (Å²) in [6.07, 6.45) is 8.58. The van der Waals surface area contributed by atoms with E-state index in [1.807, 2.05) is 0 Å². The molecule has 52 heavy (non-hydrogen) atoms. The van der Waals surface area contributed by atoms with E-state index in [9.17, 15) is 0 Å². The monoisotopic (exact) mass is 669 g/mol. The molecule has 0 radical (unpaired) electrons. The number of hydrogen-bond donors (Lipinski definition) is 2. The Labute approximate surface area is 301 Å². The summed E-state index contributed by atoms with van der Waals surface area (Å²) in [5.41, 5.74) is 8.42. The Morgan fingerprint density at radius 3 is 2.19 bits per heavy atom. The van der Waals surface area contributed by atoms with E-state index in [4.69, 9.17) is 4.99 Å². The number of benzene rings is 7. The van der Waals surface area contributed by atoms with Crippen molar-refractivity contribution in [3.8, 4) is 0 Å². The average molecular weight is 670 g/mol. The van der Waals surface area contributed by atoms with Gasteiger partial charge in [0.25, 0.3) is 0 Å². The van der Waals surface area contributed by atoms with Crippen LogP contribution >= 0.6 is 0 Å². The number of nitrogens with zero attached hydrogens (tertiary/aromatic N) is 3. The lowest BCUT2D eigenvalue weighted by molar-refractivity contribution is 0.341. The first kappa shape index (κ1) is 29.3. The Kier molecular flexibility index (Phi) is 6.51. The smallest absolute Gasteiger partial charge is 0.184 e. The predicted molar refractivity (Wildman–Crippen MR) is 215 cm³/mol. The molecule has 3 heterocycles. The lowest BCUT2D eigenvalue weighted by Crippen LogP contribution is -2.46. The number of hydrogen-bond acceptors (Lipinski definition) is 4. The molecule has 0 saturated carbocycles. The molecule has 8 aromatic rings. The molecule has 11 rings (SSSR count). The SMILES string of the molecule is C1=CC2c3ccccc3N(c3c4ccccc4cc4c3c3ccccc3n4C3N=C(c4cccc5ccccc45)NC(c4ccccc4)N3)C2C=C1. The van der Waals surface area contributed by atoms with Crippen molar-refractivity contribution in [2.24, 2.45) is 4.99 Å². The molecule has 0 spiro atoms. The minimum absolute atomic E-state index is 0.167. The number of para-hydroxylation sites is 2. The average Bonchev–Trinajstić information content (AvgIpc) is 3.72. The van der Waals surface area contributed by atoms with Gasteiger partial charge in [-0.3, -0.25) is 5.32 Å². The van der Waals surface area contributed by atoms with Crippen molar-refractivity contribution in [3.63, 3.8) is 0 Å². The molecule has 0 bridgehead atoms. The molecule has 1 aromatic heterocycles. The highest BCUT2D eigenvalue weighted by Crippen LogP contribution is 2.53. The number of aliphatic imine (C=N–C) groups is 1. The maximum absolute atomic E-state index is 5.55. The van der Waals surface area contributed by atoms with Crippen molar-refractivity contribution in [2.45, 2.75) is 24.4 Å². The third-order valence-electron chi connectivity index (χ3n) is 11.2. The quantitative estimate of drug-likeness (QED) is 0.196. The summed E-state index contributed by atoms with van der Waals surface area (Å²) >= 11 is 0. The topological polar surface area (TPSA) is 44.6 Å². The van der Waals surface area contributed by atoms with Gasteiger partial charge >= 0.3 is 0 Å². The van der Waals surface area contributed by atoms with E-state index in [0.717, 1.165) is 28.0 Å². The molecule has 5 heteroatoms. The lowest BCUT2D eigenvalue weighted by Gasteiger charge is -2.34. The van der Waals surface area contributed by atoms with Gasteiger partial charge in [0, 0.05) is 33.3 Å². The van der Waals surface area contributed by atoms with Crippen molar-refractivity contribution < 1.29 is 0 Å².